The molecule has 1 N–H and O–H groups in total. The first-order chi connectivity index (χ1) is 14.1. The Morgan fingerprint density at radius 3 is 2.57 bits per heavy atom. The standard InChI is InChI=1S/C17H18F5N5O3/c18-16(19,17(20,21)22)9-29-12-2-1-5-27-13(12)23-14(24-27)25-30-15(28)26-7-10-3-4-11(6-10)8-26/h1-2,5,10-11H,3-4,6-9H2,(H,24,25). The summed E-state index contributed by atoms with van der Waals surface area (Å²) >= 11 is 0. The number of aromatic nitrogens is 3. The predicted molar refractivity (Wildman–Crippen MR) is 92.0 cm³/mol. The number of carbonyl (C=O) groups is 1. The molecule has 1 saturated heterocycles. The van der Waals surface area contributed by atoms with Crippen LogP contribution in [0.3, 0.4) is 0 Å². The molecule has 0 radical (unpaired) electrons. The number of nitrogens with one attached hydrogen (secondary N) is 1. The van der Waals surface area contributed by atoms with Crippen molar-refractivity contribution in [1.29, 1.82) is 0 Å². The highest BCUT2D eigenvalue weighted by atomic mass is 19.4. The van der Waals surface area contributed by atoms with Crippen molar-refractivity contribution in [3.05, 3.63) is 18.3 Å². The SMILES string of the molecule is O=C(ONc1nc2c(OCC(F)(F)C(F)(F)F)cccn2n1)N1CC2CCC(C2)C1. The van der Waals surface area contributed by atoms with Gasteiger partial charge < -0.3 is 14.5 Å². The van der Waals surface area contributed by atoms with Crippen LogP contribution in [0.25, 0.3) is 5.65 Å². The second-order valence-corrected chi connectivity index (χ2v) is 7.49. The van der Waals surface area contributed by atoms with E-state index in [1.165, 1.54) is 18.3 Å². The molecule has 2 atom stereocenters. The third-order valence-corrected chi connectivity index (χ3v) is 5.25. The van der Waals surface area contributed by atoms with E-state index in [0.717, 1.165) is 23.8 Å². The van der Waals surface area contributed by atoms with E-state index < -0.39 is 24.8 Å². The summed E-state index contributed by atoms with van der Waals surface area (Å²) in [6.07, 6.45) is -1.65. The third-order valence-electron chi connectivity index (χ3n) is 5.25. The fraction of sp³-hybridized carbons (Fsp3) is 0.588. The molecule has 4 rings (SSSR count). The van der Waals surface area contributed by atoms with Gasteiger partial charge in [-0.25, -0.2) is 9.31 Å². The Morgan fingerprint density at radius 2 is 1.90 bits per heavy atom. The van der Waals surface area contributed by atoms with Gasteiger partial charge in [-0.1, -0.05) is 0 Å². The molecule has 1 aliphatic heterocycles. The number of amides is 1. The second kappa shape index (κ2) is 7.43. The number of carbonyl (C=O) groups excluding carboxylic acids is 1. The zero-order chi connectivity index (χ0) is 21.5. The molecular weight excluding hydrogens is 417 g/mol. The number of rotatable bonds is 5. The summed E-state index contributed by atoms with van der Waals surface area (Å²) in [5.41, 5.74) is 2.17. The third kappa shape index (κ3) is 4.05. The van der Waals surface area contributed by atoms with Crippen LogP contribution in [0, 0.1) is 11.8 Å². The van der Waals surface area contributed by atoms with Crippen molar-refractivity contribution in [2.24, 2.45) is 11.8 Å². The number of piperidine rings is 1. The Bertz CT molecular complexity index is 922. The van der Waals surface area contributed by atoms with Crippen molar-refractivity contribution in [2.45, 2.75) is 31.4 Å². The van der Waals surface area contributed by atoms with Crippen LogP contribution in [0.15, 0.2) is 18.3 Å². The van der Waals surface area contributed by atoms with E-state index in [4.69, 9.17) is 4.84 Å². The maximum absolute atomic E-state index is 13.1. The van der Waals surface area contributed by atoms with Gasteiger partial charge in [-0.05, 0) is 43.2 Å². The van der Waals surface area contributed by atoms with Crippen molar-refractivity contribution in [2.75, 3.05) is 25.2 Å². The number of fused-ring (bicyclic) bond motifs is 3. The maximum atomic E-state index is 13.1. The normalized spacial score (nSPS) is 21.7. The van der Waals surface area contributed by atoms with Crippen LogP contribution in [0.1, 0.15) is 19.3 Å². The van der Waals surface area contributed by atoms with E-state index >= 15 is 0 Å². The summed E-state index contributed by atoms with van der Waals surface area (Å²) in [5, 5.41) is 3.93. The highest BCUT2D eigenvalue weighted by molar-refractivity contribution is 5.68. The molecule has 1 saturated carbocycles. The Hall–Kier alpha value is -2.86. The molecule has 2 aliphatic rings. The Balaban J connectivity index is 1.40. The lowest BCUT2D eigenvalue weighted by Crippen LogP contribution is -2.41. The van der Waals surface area contributed by atoms with Crippen LogP contribution in [0.4, 0.5) is 32.7 Å². The number of alkyl halides is 5. The van der Waals surface area contributed by atoms with Crippen molar-refractivity contribution in [1.82, 2.24) is 19.5 Å². The molecule has 2 fully saturated rings. The predicted octanol–water partition coefficient (Wildman–Crippen LogP) is 3.50. The minimum atomic E-state index is -5.74. The largest absolute Gasteiger partial charge is 0.483 e. The molecule has 0 spiro atoms. The van der Waals surface area contributed by atoms with Crippen LogP contribution >= 0.6 is 0 Å². The van der Waals surface area contributed by atoms with E-state index in [1.807, 2.05) is 0 Å². The van der Waals surface area contributed by atoms with Gasteiger partial charge in [0.05, 0.1) is 0 Å². The van der Waals surface area contributed by atoms with Crippen LogP contribution in [-0.2, 0) is 4.84 Å². The fourth-order valence-electron chi connectivity index (χ4n) is 3.80. The average Bonchev–Trinajstić information content (AvgIpc) is 3.25. The molecule has 0 aromatic carbocycles. The molecule has 13 heteroatoms. The van der Waals surface area contributed by atoms with E-state index in [2.05, 4.69) is 20.3 Å². The molecular formula is C17H18F5N5O3. The second-order valence-electron chi connectivity index (χ2n) is 7.49. The average molecular weight is 435 g/mol. The van der Waals surface area contributed by atoms with E-state index in [9.17, 15) is 26.7 Å². The molecule has 2 aromatic rings. The number of ether oxygens (including phenoxy) is 1. The zero-order valence-electron chi connectivity index (χ0n) is 15.5. The molecule has 164 valence electrons. The Labute approximate surface area is 166 Å². The van der Waals surface area contributed by atoms with Gasteiger partial charge in [0.1, 0.15) is 0 Å². The smallest absolute Gasteiger partial charge is 0.456 e. The van der Waals surface area contributed by atoms with Crippen molar-refractivity contribution in [3.8, 4) is 5.75 Å². The Morgan fingerprint density at radius 1 is 1.20 bits per heavy atom. The van der Waals surface area contributed by atoms with Gasteiger partial charge >= 0.3 is 18.2 Å². The summed E-state index contributed by atoms with van der Waals surface area (Å²) in [5.74, 6) is -4.59. The van der Waals surface area contributed by atoms with Gasteiger partial charge in [0.2, 0.25) is 0 Å². The molecule has 8 nitrogen and oxygen atoms in total. The quantitative estimate of drug-likeness (QED) is 0.572. The van der Waals surface area contributed by atoms with Crippen molar-refractivity contribution >= 4 is 17.7 Å². The minimum absolute atomic E-state index is 0.120. The summed E-state index contributed by atoms with van der Waals surface area (Å²) in [6.45, 7) is -0.680. The highest BCUT2D eigenvalue weighted by Gasteiger charge is 2.58. The highest BCUT2D eigenvalue weighted by Crippen LogP contribution is 2.37. The van der Waals surface area contributed by atoms with Gasteiger partial charge in [-0.15, -0.1) is 5.10 Å². The fourth-order valence-corrected chi connectivity index (χ4v) is 3.80. The molecule has 2 aromatic heterocycles. The number of pyridine rings is 1. The van der Waals surface area contributed by atoms with Crippen LogP contribution in [0.2, 0.25) is 0 Å². The minimum Gasteiger partial charge on any atom is -0.483 e. The molecule has 3 heterocycles. The van der Waals surface area contributed by atoms with Crippen LogP contribution in [-0.4, -0.2) is 57.4 Å². The van der Waals surface area contributed by atoms with Gasteiger partial charge in [-0.2, -0.15) is 32.4 Å². The number of nitrogens with zero attached hydrogens (tertiary/aromatic N) is 4. The van der Waals surface area contributed by atoms with E-state index in [0.29, 0.717) is 24.9 Å². The summed E-state index contributed by atoms with van der Waals surface area (Å²) < 4.78 is 68.9. The first-order valence-corrected chi connectivity index (χ1v) is 9.27. The monoisotopic (exact) mass is 435 g/mol. The molecule has 30 heavy (non-hydrogen) atoms. The van der Waals surface area contributed by atoms with Crippen molar-refractivity contribution < 1.29 is 36.3 Å². The Kier molecular flexibility index (Phi) is 5.06. The summed E-state index contributed by atoms with van der Waals surface area (Å²) in [4.78, 5) is 22.8. The van der Waals surface area contributed by atoms with Crippen LogP contribution < -0.4 is 10.2 Å². The first-order valence-electron chi connectivity index (χ1n) is 9.27. The lowest BCUT2D eigenvalue weighted by Gasteiger charge is -2.30. The zero-order valence-corrected chi connectivity index (χ0v) is 15.5. The van der Waals surface area contributed by atoms with Gasteiger partial charge in [0, 0.05) is 19.3 Å². The molecule has 2 unspecified atom stereocenters. The van der Waals surface area contributed by atoms with Gasteiger partial charge in [0.25, 0.3) is 5.95 Å². The molecule has 1 aliphatic carbocycles. The van der Waals surface area contributed by atoms with E-state index in [-0.39, 0.29) is 17.3 Å². The van der Waals surface area contributed by atoms with Crippen molar-refractivity contribution in [3.63, 3.8) is 0 Å². The van der Waals surface area contributed by atoms with E-state index in [1.54, 1.807) is 4.90 Å². The topological polar surface area (TPSA) is 81.0 Å². The lowest BCUT2D eigenvalue weighted by molar-refractivity contribution is -0.289. The summed E-state index contributed by atoms with van der Waals surface area (Å²) in [7, 11) is 0. The number of halogens is 5. The molecule has 1 amide bonds. The first kappa shape index (κ1) is 20.4. The van der Waals surface area contributed by atoms with Crippen LogP contribution in [0.5, 0.6) is 5.75 Å². The number of hydrogen-bond acceptors (Lipinski definition) is 6. The van der Waals surface area contributed by atoms with Gasteiger partial charge in [-0.3, -0.25) is 0 Å². The summed E-state index contributed by atoms with van der Waals surface area (Å²) in [6, 6.07) is 2.51. The number of likely N-dealkylation sites (tertiary alicyclic amines) is 1. The molecule has 2 bridgehead atoms. The van der Waals surface area contributed by atoms with Gasteiger partial charge in [0.15, 0.2) is 18.0 Å². The number of anilines is 1. The lowest BCUT2D eigenvalue weighted by atomic mass is 9.99. The number of hydrogen-bond donors (Lipinski definition) is 1. The maximum Gasteiger partial charge on any atom is 0.456 e.